The molecule has 4 nitrogen and oxygen atoms in total. The van der Waals surface area contributed by atoms with Crippen LogP contribution in [0.15, 0.2) is 24.3 Å². The van der Waals surface area contributed by atoms with Crippen molar-refractivity contribution in [1.29, 1.82) is 0 Å². The number of ether oxygens (including phenoxy) is 1. The number of nitrogens with zero attached hydrogens (tertiary/aromatic N) is 2. The van der Waals surface area contributed by atoms with Crippen molar-refractivity contribution >= 4 is 16.5 Å². The summed E-state index contributed by atoms with van der Waals surface area (Å²) in [5.41, 5.74) is 2.06. The molecule has 0 aliphatic carbocycles. The van der Waals surface area contributed by atoms with Crippen molar-refractivity contribution in [1.82, 2.24) is 9.59 Å². The first-order chi connectivity index (χ1) is 8.79. The molecule has 0 aliphatic heterocycles. The molecule has 0 aliphatic rings. The number of anilines is 1. The molecule has 0 saturated heterocycles. The summed E-state index contributed by atoms with van der Waals surface area (Å²) in [5, 5.41) is 8.40. The highest BCUT2D eigenvalue weighted by Crippen LogP contribution is 2.20. The minimum absolute atomic E-state index is 0.450. The predicted octanol–water partition coefficient (Wildman–Crippen LogP) is 3.25. The van der Waals surface area contributed by atoms with Crippen LogP contribution >= 0.6 is 11.5 Å². The fourth-order valence-corrected chi connectivity index (χ4v) is 2.13. The Hall–Kier alpha value is -1.62. The maximum Gasteiger partial charge on any atom is 0.136 e. The molecular formula is C13H17N3OS. The molecule has 1 N–H and O–H groups in total. The lowest BCUT2D eigenvalue weighted by atomic mass is 10.2. The van der Waals surface area contributed by atoms with E-state index in [1.165, 1.54) is 17.1 Å². The first-order valence-corrected chi connectivity index (χ1v) is 6.81. The van der Waals surface area contributed by atoms with Crippen LogP contribution in [0.2, 0.25) is 0 Å². The van der Waals surface area contributed by atoms with Crippen LogP contribution < -0.4 is 10.1 Å². The quantitative estimate of drug-likeness (QED) is 0.869. The molecule has 0 spiro atoms. The number of benzene rings is 1. The first-order valence-electron chi connectivity index (χ1n) is 6.04. The van der Waals surface area contributed by atoms with Crippen LogP contribution in [0.5, 0.6) is 5.75 Å². The van der Waals surface area contributed by atoms with Gasteiger partial charge in [0.15, 0.2) is 0 Å². The van der Waals surface area contributed by atoms with Crippen molar-refractivity contribution in [2.45, 2.75) is 26.9 Å². The Morgan fingerprint density at radius 1 is 1.39 bits per heavy atom. The summed E-state index contributed by atoms with van der Waals surface area (Å²) in [6, 6.07) is 8.00. The molecule has 0 fully saturated rings. The van der Waals surface area contributed by atoms with Crippen LogP contribution in [0, 0.1) is 6.92 Å². The van der Waals surface area contributed by atoms with Gasteiger partial charge >= 0.3 is 0 Å². The Balaban J connectivity index is 1.95. The minimum Gasteiger partial charge on any atom is -0.487 e. The van der Waals surface area contributed by atoms with Crippen LogP contribution in [0.4, 0.5) is 5.00 Å². The van der Waals surface area contributed by atoms with Crippen molar-refractivity contribution < 1.29 is 4.74 Å². The summed E-state index contributed by atoms with van der Waals surface area (Å²) in [4.78, 5) is 0. The van der Waals surface area contributed by atoms with Crippen molar-refractivity contribution in [3.8, 4) is 5.75 Å². The molecule has 0 unspecified atom stereocenters. The smallest absolute Gasteiger partial charge is 0.136 e. The molecule has 2 aromatic rings. The van der Waals surface area contributed by atoms with Crippen LogP contribution in [0.3, 0.4) is 0 Å². The first kappa shape index (κ1) is 12.8. The Bertz CT molecular complexity index is 498. The molecule has 1 aromatic carbocycles. The summed E-state index contributed by atoms with van der Waals surface area (Å²) in [5.74, 6) is 0.865. The second-order valence-corrected chi connectivity index (χ2v) is 4.83. The second kappa shape index (κ2) is 6.35. The van der Waals surface area contributed by atoms with Crippen LogP contribution in [-0.2, 0) is 6.61 Å². The van der Waals surface area contributed by atoms with Gasteiger partial charge in [-0.05, 0) is 31.0 Å². The normalized spacial score (nSPS) is 10.3. The molecule has 5 heteroatoms. The highest BCUT2D eigenvalue weighted by atomic mass is 32.1. The zero-order chi connectivity index (χ0) is 12.8. The number of rotatable bonds is 6. The highest BCUT2D eigenvalue weighted by Gasteiger charge is 2.07. The van der Waals surface area contributed by atoms with E-state index in [0.717, 1.165) is 29.4 Å². The molecule has 18 heavy (non-hydrogen) atoms. The topological polar surface area (TPSA) is 47.0 Å². The van der Waals surface area contributed by atoms with E-state index in [1.807, 2.05) is 31.2 Å². The van der Waals surface area contributed by atoms with E-state index in [9.17, 15) is 0 Å². The van der Waals surface area contributed by atoms with Gasteiger partial charge in [-0.15, -0.1) is 5.10 Å². The van der Waals surface area contributed by atoms with Gasteiger partial charge in [-0.1, -0.05) is 23.5 Å². The van der Waals surface area contributed by atoms with Gasteiger partial charge in [0.1, 0.15) is 23.1 Å². The number of hydrogen-bond acceptors (Lipinski definition) is 5. The van der Waals surface area contributed by atoms with E-state index in [1.54, 1.807) is 0 Å². The number of hydrogen-bond donors (Lipinski definition) is 1. The van der Waals surface area contributed by atoms with Crippen molar-refractivity contribution in [3.63, 3.8) is 0 Å². The second-order valence-electron chi connectivity index (χ2n) is 4.08. The van der Waals surface area contributed by atoms with E-state index in [0.29, 0.717) is 6.61 Å². The van der Waals surface area contributed by atoms with Crippen LogP contribution in [0.1, 0.15) is 24.6 Å². The summed E-state index contributed by atoms with van der Waals surface area (Å²) in [6.45, 7) is 5.56. The molecule has 0 radical (unpaired) electrons. The molecule has 1 heterocycles. The Labute approximate surface area is 111 Å². The monoisotopic (exact) mass is 263 g/mol. The molecule has 0 atom stereocenters. The largest absolute Gasteiger partial charge is 0.487 e. The Morgan fingerprint density at radius 3 is 3.06 bits per heavy atom. The third-order valence-corrected chi connectivity index (χ3v) is 3.18. The number of nitrogens with one attached hydrogen (secondary N) is 1. The van der Waals surface area contributed by atoms with E-state index >= 15 is 0 Å². The SMILES string of the molecule is CCCNc1snnc1COc1cccc(C)c1. The van der Waals surface area contributed by atoms with Crippen molar-refractivity contribution in [2.75, 3.05) is 11.9 Å². The zero-order valence-corrected chi connectivity index (χ0v) is 11.5. The van der Waals surface area contributed by atoms with Gasteiger partial charge in [-0.25, -0.2) is 0 Å². The third kappa shape index (κ3) is 3.43. The van der Waals surface area contributed by atoms with Gasteiger partial charge in [-0.3, -0.25) is 0 Å². The fourth-order valence-electron chi connectivity index (χ4n) is 1.53. The van der Waals surface area contributed by atoms with E-state index < -0.39 is 0 Å². The molecule has 1 aromatic heterocycles. The lowest BCUT2D eigenvalue weighted by Crippen LogP contribution is -2.03. The highest BCUT2D eigenvalue weighted by molar-refractivity contribution is 7.10. The van der Waals surface area contributed by atoms with Gasteiger partial charge < -0.3 is 10.1 Å². The number of aryl methyl sites for hydroxylation is 1. The lowest BCUT2D eigenvalue weighted by molar-refractivity contribution is 0.301. The maximum atomic E-state index is 5.72. The van der Waals surface area contributed by atoms with Gasteiger partial charge in [0.25, 0.3) is 0 Å². The summed E-state index contributed by atoms with van der Waals surface area (Å²) in [6.07, 6.45) is 1.08. The van der Waals surface area contributed by atoms with Gasteiger partial charge in [-0.2, -0.15) is 0 Å². The minimum atomic E-state index is 0.450. The van der Waals surface area contributed by atoms with Gasteiger partial charge in [0, 0.05) is 18.1 Å². The molecular weight excluding hydrogens is 246 g/mol. The van der Waals surface area contributed by atoms with E-state index in [2.05, 4.69) is 21.8 Å². The molecule has 96 valence electrons. The standard InChI is InChI=1S/C13H17N3OS/c1-3-7-14-13-12(15-16-18-13)9-17-11-6-4-5-10(2)8-11/h4-6,8,14H,3,7,9H2,1-2H3. The average molecular weight is 263 g/mol. The molecule has 0 saturated carbocycles. The number of aromatic nitrogens is 2. The van der Waals surface area contributed by atoms with Crippen LogP contribution in [0.25, 0.3) is 0 Å². The third-order valence-electron chi connectivity index (χ3n) is 2.46. The van der Waals surface area contributed by atoms with Crippen molar-refractivity contribution in [2.24, 2.45) is 0 Å². The molecule has 0 amide bonds. The maximum absolute atomic E-state index is 5.72. The van der Waals surface area contributed by atoms with Crippen molar-refractivity contribution in [3.05, 3.63) is 35.5 Å². The predicted molar refractivity (Wildman–Crippen MR) is 74.2 cm³/mol. The fraction of sp³-hybridized carbons (Fsp3) is 0.385. The Morgan fingerprint density at radius 2 is 2.28 bits per heavy atom. The lowest BCUT2D eigenvalue weighted by Gasteiger charge is -2.07. The zero-order valence-electron chi connectivity index (χ0n) is 10.6. The summed E-state index contributed by atoms with van der Waals surface area (Å²) in [7, 11) is 0. The van der Waals surface area contributed by atoms with E-state index in [-0.39, 0.29) is 0 Å². The van der Waals surface area contributed by atoms with Gasteiger partial charge in [0.05, 0.1) is 0 Å². The average Bonchev–Trinajstić information content (AvgIpc) is 2.81. The summed E-state index contributed by atoms with van der Waals surface area (Å²) >= 11 is 1.38. The summed E-state index contributed by atoms with van der Waals surface area (Å²) < 4.78 is 9.67. The molecule has 0 bridgehead atoms. The Kier molecular flexibility index (Phi) is 4.52. The van der Waals surface area contributed by atoms with Crippen LogP contribution in [-0.4, -0.2) is 16.1 Å². The molecule has 2 rings (SSSR count). The van der Waals surface area contributed by atoms with E-state index in [4.69, 9.17) is 4.74 Å². The van der Waals surface area contributed by atoms with Gasteiger partial charge in [0.2, 0.25) is 0 Å².